The van der Waals surface area contributed by atoms with Crippen LogP contribution in [-0.2, 0) is 4.74 Å². The second-order valence-electron chi connectivity index (χ2n) is 4.50. The van der Waals surface area contributed by atoms with Crippen LogP contribution < -0.4 is 4.90 Å². The highest BCUT2D eigenvalue weighted by Crippen LogP contribution is 2.19. The normalized spacial score (nSPS) is 19.5. The number of nitrogens with zero attached hydrogens (tertiary/aromatic N) is 3. The SMILES string of the molecule is CN(CC1CCCOC1)c1nccnc1C(=O)O. The lowest BCUT2D eigenvalue weighted by Crippen LogP contribution is -2.32. The average Bonchev–Trinajstić information content (AvgIpc) is 2.40. The highest BCUT2D eigenvalue weighted by Gasteiger charge is 2.20. The molecule has 1 aromatic rings. The topological polar surface area (TPSA) is 75.5 Å². The first-order valence-corrected chi connectivity index (χ1v) is 6.01. The molecule has 1 N–H and O–H groups in total. The van der Waals surface area contributed by atoms with E-state index in [1.54, 1.807) is 0 Å². The molecule has 6 nitrogen and oxygen atoms in total. The Labute approximate surface area is 106 Å². The fraction of sp³-hybridized carbons (Fsp3) is 0.583. The van der Waals surface area contributed by atoms with Gasteiger partial charge in [0, 0.05) is 32.6 Å². The Morgan fingerprint density at radius 3 is 3.00 bits per heavy atom. The summed E-state index contributed by atoms with van der Waals surface area (Å²) in [4.78, 5) is 20.9. The van der Waals surface area contributed by atoms with Gasteiger partial charge in [-0.25, -0.2) is 14.8 Å². The molecule has 18 heavy (non-hydrogen) atoms. The number of carboxylic acid groups (broad SMARTS) is 1. The molecule has 0 radical (unpaired) electrons. The van der Waals surface area contributed by atoms with E-state index in [0.29, 0.717) is 11.7 Å². The molecular weight excluding hydrogens is 234 g/mol. The van der Waals surface area contributed by atoms with Gasteiger partial charge in [0.2, 0.25) is 0 Å². The van der Waals surface area contributed by atoms with Crippen molar-refractivity contribution >= 4 is 11.8 Å². The molecule has 0 aliphatic carbocycles. The van der Waals surface area contributed by atoms with E-state index >= 15 is 0 Å². The maximum Gasteiger partial charge on any atom is 0.358 e. The van der Waals surface area contributed by atoms with Crippen LogP contribution in [0.5, 0.6) is 0 Å². The third-order valence-electron chi connectivity index (χ3n) is 3.03. The van der Waals surface area contributed by atoms with Gasteiger partial charge in [-0.3, -0.25) is 0 Å². The molecule has 1 aliphatic rings. The van der Waals surface area contributed by atoms with Crippen molar-refractivity contribution in [3.63, 3.8) is 0 Å². The predicted molar refractivity (Wildman–Crippen MR) is 65.8 cm³/mol. The maximum absolute atomic E-state index is 11.1. The predicted octanol–water partition coefficient (Wildman–Crippen LogP) is 1.04. The first kappa shape index (κ1) is 12.8. The lowest BCUT2D eigenvalue weighted by Gasteiger charge is -2.28. The number of anilines is 1. The molecule has 2 heterocycles. The Hall–Kier alpha value is -1.69. The molecule has 1 aliphatic heterocycles. The third kappa shape index (κ3) is 2.95. The van der Waals surface area contributed by atoms with Crippen molar-refractivity contribution in [2.24, 2.45) is 5.92 Å². The molecule has 2 rings (SSSR count). The van der Waals surface area contributed by atoms with Crippen LogP contribution in [-0.4, -0.2) is 47.8 Å². The summed E-state index contributed by atoms with van der Waals surface area (Å²) in [5.41, 5.74) is -0.00303. The molecule has 1 aromatic heterocycles. The Bertz CT molecular complexity index is 419. The summed E-state index contributed by atoms with van der Waals surface area (Å²) in [5, 5.41) is 9.07. The number of aromatic nitrogens is 2. The van der Waals surface area contributed by atoms with Gasteiger partial charge in [-0.1, -0.05) is 0 Å². The maximum atomic E-state index is 11.1. The summed E-state index contributed by atoms with van der Waals surface area (Å²) in [7, 11) is 1.84. The molecule has 6 heteroatoms. The fourth-order valence-electron chi connectivity index (χ4n) is 2.19. The number of carboxylic acids is 1. The lowest BCUT2D eigenvalue weighted by molar-refractivity contribution is 0.0575. The van der Waals surface area contributed by atoms with Crippen LogP contribution in [0.1, 0.15) is 23.3 Å². The summed E-state index contributed by atoms with van der Waals surface area (Å²) in [5.74, 6) is -0.215. The van der Waals surface area contributed by atoms with Crippen molar-refractivity contribution in [2.75, 3.05) is 31.7 Å². The molecule has 0 bridgehead atoms. The van der Waals surface area contributed by atoms with E-state index in [1.807, 2.05) is 11.9 Å². The van der Waals surface area contributed by atoms with E-state index in [2.05, 4.69) is 9.97 Å². The zero-order chi connectivity index (χ0) is 13.0. The quantitative estimate of drug-likeness (QED) is 0.861. The van der Waals surface area contributed by atoms with Crippen molar-refractivity contribution in [3.05, 3.63) is 18.1 Å². The summed E-state index contributed by atoms with van der Waals surface area (Å²) in [6.45, 7) is 2.29. The highest BCUT2D eigenvalue weighted by atomic mass is 16.5. The van der Waals surface area contributed by atoms with Crippen LogP contribution in [0.4, 0.5) is 5.82 Å². The van der Waals surface area contributed by atoms with Crippen LogP contribution in [0, 0.1) is 5.92 Å². The van der Waals surface area contributed by atoms with Crippen molar-refractivity contribution in [2.45, 2.75) is 12.8 Å². The van der Waals surface area contributed by atoms with Gasteiger partial charge in [0.05, 0.1) is 6.61 Å². The second-order valence-corrected chi connectivity index (χ2v) is 4.50. The monoisotopic (exact) mass is 251 g/mol. The van der Waals surface area contributed by atoms with Gasteiger partial charge in [0.1, 0.15) is 0 Å². The molecule has 0 aromatic carbocycles. The molecule has 1 fully saturated rings. The van der Waals surface area contributed by atoms with Crippen LogP contribution in [0.15, 0.2) is 12.4 Å². The lowest BCUT2D eigenvalue weighted by atomic mass is 10.0. The zero-order valence-electron chi connectivity index (χ0n) is 10.4. The Kier molecular flexibility index (Phi) is 4.09. The van der Waals surface area contributed by atoms with Gasteiger partial charge in [0.15, 0.2) is 11.5 Å². The first-order chi connectivity index (χ1) is 8.68. The van der Waals surface area contributed by atoms with Crippen molar-refractivity contribution in [1.29, 1.82) is 0 Å². The van der Waals surface area contributed by atoms with E-state index in [-0.39, 0.29) is 5.69 Å². The molecule has 1 unspecified atom stereocenters. The fourth-order valence-corrected chi connectivity index (χ4v) is 2.19. The van der Waals surface area contributed by atoms with Crippen LogP contribution in [0.2, 0.25) is 0 Å². The minimum atomic E-state index is -1.05. The molecular formula is C12H17N3O3. The second kappa shape index (κ2) is 5.77. The smallest absolute Gasteiger partial charge is 0.358 e. The van der Waals surface area contributed by atoms with E-state index in [9.17, 15) is 4.79 Å². The Balaban J connectivity index is 2.08. The van der Waals surface area contributed by atoms with E-state index in [0.717, 1.165) is 32.6 Å². The third-order valence-corrected chi connectivity index (χ3v) is 3.03. The van der Waals surface area contributed by atoms with Crippen molar-refractivity contribution in [1.82, 2.24) is 9.97 Å². The number of rotatable bonds is 4. The van der Waals surface area contributed by atoms with E-state index < -0.39 is 5.97 Å². The van der Waals surface area contributed by atoms with Crippen molar-refractivity contribution in [3.8, 4) is 0 Å². The summed E-state index contributed by atoms with van der Waals surface area (Å²) < 4.78 is 5.42. The number of hydrogen-bond acceptors (Lipinski definition) is 5. The van der Waals surface area contributed by atoms with Gasteiger partial charge in [-0.15, -0.1) is 0 Å². The molecule has 0 spiro atoms. The van der Waals surface area contributed by atoms with E-state index in [1.165, 1.54) is 12.4 Å². The zero-order valence-corrected chi connectivity index (χ0v) is 10.4. The number of aromatic carboxylic acids is 1. The number of hydrogen-bond donors (Lipinski definition) is 1. The largest absolute Gasteiger partial charge is 0.476 e. The van der Waals surface area contributed by atoms with Gasteiger partial charge in [-0.2, -0.15) is 0 Å². The number of ether oxygens (including phenoxy) is 1. The summed E-state index contributed by atoms with van der Waals surface area (Å²) in [6.07, 6.45) is 5.07. The van der Waals surface area contributed by atoms with Gasteiger partial charge in [-0.05, 0) is 18.8 Å². The van der Waals surface area contributed by atoms with Crippen LogP contribution in [0.25, 0.3) is 0 Å². The van der Waals surface area contributed by atoms with Gasteiger partial charge < -0.3 is 14.7 Å². The standard InChI is InChI=1S/C12H17N3O3/c1-15(7-9-3-2-6-18-8-9)11-10(12(16)17)13-4-5-14-11/h4-5,9H,2-3,6-8H2,1H3,(H,16,17). The molecule has 1 atom stereocenters. The summed E-state index contributed by atoms with van der Waals surface area (Å²) >= 11 is 0. The number of carbonyl (C=O) groups is 1. The van der Waals surface area contributed by atoms with E-state index in [4.69, 9.17) is 9.84 Å². The van der Waals surface area contributed by atoms with Gasteiger partial charge >= 0.3 is 5.97 Å². The van der Waals surface area contributed by atoms with Crippen LogP contribution in [0.3, 0.4) is 0 Å². The highest BCUT2D eigenvalue weighted by molar-refractivity contribution is 5.90. The van der Waals surface area contributed by atoms with Crippen molar-refractivity contribution < 1.29 is 14.6 Å². The van der Waals surface area contributed by atoms with Crippen LogP contribution >= 0.6 is 0 Å². The Morgan fingerprint density at radius 1 is 1.56 bits per heavy atom. The molecule has 0 amide bonds. The minimum Gasteiger partial charge on any atom is -0.476 e. The minimum absolute atomic E-state index is 0.00303. The average molecular weight is 251 g/mol. The summed E-state index contributed by atoms with van der Waals surface area (Å²) in [6, 6.07) is 0. The van der Waals surface area contributed by atoms with Gasteiger partial charge in [0.25, 0.3) is 0 Å². The molecule has 98 valence electrons. The molecule has 1 saturated heterocycles. The molecule has 0 saturated carbocycles. The Morgan fingerprint density at radius 2 is 2.33 bits per heavy atom. The first-order valence-electron chi connectivity index (χ1n) is 6.01.